The number of hydrogen-bond acceptors (Lipinski definition) is 4. The summed E-state index contributed by atoms with van der Waals surface area (Å²) in [7, 11) is -4.15. The van der Waals surface area contributed by atoms with Crippen molar-refractivity contribution in [2.24, 2.45) is 0 Å². The van der Waals surface area contributed by atoms with Gasteiger partial charge in [-0.2, -0.15) is 0 Å². The van der Waals surface area contributed by atoms with E-state index in [4.69, 9.17) is 23.2 Å². The quantitative estimate of drug-likeness (QED) is 0.375. The summed E-state index contributed by atoms with van der Waals surface area (Å²) in [5, 5.41) is 3.61. The minimum atomic E-state index is -4.15. The van der Waals surface area contributed by atoms with E-state index in [0.717, 1.165) is 9.87 Å². The molecule has 7 nitrogen and oxygen atoms in total. The number of benzene rings is 3. The maximum Gasteiger partial charge on any atom is 0.264 e. The van der Waals surface area contributed by atoms with Gasteiger partial charge < -0.3 is 10.2 Å². The normalized spacial score (nSPS) is 12.0. The van der Waals surface area contributed by atoms with E-state index in [-0.39, 0.29) is 17.3 Å². The Morgan fingerprint density at radius 1 is 0.946 bits per heavy atom. The molecule has 2 amide bonds. The summed E-state index contributed by atoms with van der Waals surface area (Å²) in [5.41, 5.74) is 1.86. The van der Waals surface area contributed by atoms with Crippen LogP contribution >= 0.6 is 23.2 Å². The molecular weight excluding hydrogens is 533 g/mol. The van der Waals surface area contributed by atoms with Crippen molar-refractivity contribution >= 4 is 50.7 Å². The molecule has 0 aromatic heterocycles. The topological polar surface area (TPSA) is 86.8 Å². The van der Waals surface area contributed by atoms with Gasteiger partial charge in [-0.15, -0.1) is 0 Å². The van der Waals surface area contributed by atoms with Gasteiger partial charge in [0.2, 0.25) is 11.8 Å². The largest absolute Gasteiger partial charge is 0.355 e. The van der Waals surface area contributed by atoms with Crippen molar-refractivity contribution in [2.45, 2.75) is 38.3 Å². The minimum Gasteiger partial charge on any atom is -0.355 e. The third-order valence-corrected chi connectivity index (χ3v) is 8.01. The lowest BCUT2D eigenvalue weighted by Crippen LogP contribution is -2.51. The summed E-state index contributed by atoms with van der Waals surface area (Å²) in [6.07, 6.45) is 0. The average Bonchev–Trinajstić information content (AvgIpc) is 2.85. The van der Waals surface area contributed by atoms with Crippen molar-refractivity contribution in [2.75, 3.05) is 17.4 Å². The van der Waals surface area contributed by atoms with Crippen LogP contribution in [0.2, 0.25) is 10.0 Å². The van der Waals surface area contributed by atoms with Crippen LogP contribution in [0.15, 0.2) is 77.7 Å². The van der Waals surface area contributed by atoms with E-state index >= 15 is 0 Å². The molecule has 0 fully saturated rings. The third-order valence-electron chi connectivity index (χ3n) is 5.73. The highest BCUT2D eigenvalue weighted by atomic mass is 35.5. The van der Waals surface area contributed by atoms with Gasteiger partial charge in [0.25, 0.3) is 10.0 Å². The van der Waals surface area contributed by atoms with Gasteiger partial charge in [0.05, 0.1) is 10.6 Å². The first-order valence-electron chi connectivity index (χ1n) is 11.7. The molecule has 3 rings (SSSR count). The second-order valence-electron chi connectivity index (χ2n) is 8.53. The van der Waals surface area contributed by atoms with Gasteiger partial charge in [-0.25, -0.2) is 8.42 Å². The molecule has 0 unspecified atom stereocenters. The number of aryl methyl sites for hydroxylation is 1. The Bertz CT molecular complexity index is 1360. The van der Waals surface area contributed by atoms with E-state index in [1.807, 2.05) is 13.0 Å². The molecule has 10 heteroatoms. The number of sulfonamides is 1. The molecule has 0 saturated carbocycles. The second-order valence-corrected chi connectivity index (χ2v) is 11.3. The number of carbonyl (C=O) groups is 2. The molecule has 196 valence electrons. The number of halogens is 2. The predicted octanol–water partition coefficient (Wildman–Crippen LogP) is 5.05. The van der Waals surface area contributed by atoms with Gasteiger partial charge in [0.15, 0.2) is 0 Å². The van der Waals surface area contributed by atoms with Crippen molar-refractivity contribution in [3.05, 3.63) is 94.0 Å². The molecule has 0 aliphatic heterocycles. The SMILES string of the molecule is CCNC(=O)[C@H](C)N(Cc1cccc(Cl)c1)C(=O)CN(c1cccc(C)c1)S(=O)(=O)c1ccc(Cl)cc1. The van der Waals surface area contributed by atoms with Crippen molar-refractivity contribution in [3.8, 4) is 0 Å². The monoisotopic (exact) mass is 561 g/mol. The van der Waals surface area contributed by atoms with Crippen LogP contribution in [0.4, 0.5) is 5.69 Å². The van der Waals surface area contributed by atoms with Crippen molar-refractivity contribution in [1.82, 2.24) is 10.2 Å². The van der Waals surface area contributed by atoms with Gasteiger partial charge in [-0.1, -0.05) is 47.5 Å². The molecule has 0 heterocycles. The number of nitrogens with one attached hydrogen (secondary N) is 1. The zero-order valence-corrected chi connectivity index (χ0v) is 23.1. The first kappa shape index (κ1) is 28.5. The highest BCUT2D eigenvalue weighted by Gasteiger charge is 2.32. The van der Waals surface area contributed by atoms with Crippen LogP contribution in [-0.2, 0) is 26.2 Å². The number of nitrogens with zero attached hydrogens (tertiary/aromatic N) is 2. The van der Waals surface area contributed by atoms with Crippen LogP contribution in [0.1, 0.15) is 25.0 Å². The molecule has 3 aromatic rings. The van der Waals surface area contributed by atoms with Gasteiger partial charge in [-0.3, -0.25) is 13.9 Å². The van der Waals surface area contributed by atoms with E-state index < -0.39 is 28.5 Å². The lowest BCUT2D eigenvalue weighted by molar-refractivity contribution is -0.139. The summed E-state index contributed by atoms with van der Waals surface area (Å²) in [5.74, 6) is -0.890. The van der Waals surface area contributed by atoms with E-state index in [2.05, 4.69) is 5.32 Å². The molecule has 1 atom stereocenters. The lowest BCUT2D eigenvalue weighted by atomic mass is 10.1. The van der Waals surface area contributed by atoms with Crippen LogP contribution in [-0.4, -0.2) is 44.3 Å². The third kappa shape index (κ3) is 7.25. The lowest BCUT2D eigenvalue weighted by Gasteiger charge is -2.32. The van der Waals surface area contributed by atoms with Crippen LogP contribution in [0.5, 0.6) is 0 Å². The van der Waals surface area contributed by atoms with Gasteiger partial charge in [0, 0.05) is 23.1 Å². The van der Waals surface area contributed by atoms with E-state index in [9.17, 15) is 18.0 Å². The minimum absolute atomic E-state index is 0.00984. The molecule has 0 aliphatic rings. The van der Waals surface area contributed by atoms with Crippen molar-refractivity contribution in [3.63, 3.8) is 0 Å². The highest BCUT2D eigenvalue weighted by molar-refractivity contribution is 7.92. The Morgan fingerprint density at radius 3 is 2.24 bits per heavy atom. The van der Waals surface area contributed by atoms with Crippen LogP contribution in [0, 0.1) is 6.92 Å². The number of carbonyl (C=O) groups excluding carboxylic acids is 2. The zero-order chi connectivity index (χ0) is 27.2. The Labute approximate surface area is 228 Å². The smallest absolute Gasteiger partial charge is 0.264 e. The van der Waals surface area contributed by atoms with Gasteiger partial charge >= 0.3 is 0 Å². The molecule has 1 N–H and O–H groups in total. The Kier molecular flexibility index (Phi) is 9.59. The summed E-state index contributed by atoms with van der Waals surface area (Å²) in [6, 6.07) is 18.7. The van der Waals surface area contributed by atoms with Crippen LogP contribution < -0.4 is 9.62 Å². The molecule has 3 aromatic carbocycles. The summed E-state index contributed by atoms with van der Waals surface area (Å²) >= 11 is 12.1. The zero-order valence-electron chi connectivity index (χ0n) is 20.8. The molecule has 0 radical (unpaired) electrons. The van der Waals surface area contributed by atoms with E-state index in [1.165, 1.54) is 29.2 Å². The van der Waals surface area contributed by atoms with Crippen molar-refractivity contribution in [1.29, 1.82) is 0 Å². The van der Waals surface area contributed by atoms with E-state index in [1.54, 1.807) is 56.3 Å². The van der Waals surface area contributed by atoms with Crippen molar-refractivity contribution < 1.29 is 18.0 Å². The molecule has 0 spiro atoms. The first-order chi connectivity index (χ1) is 17.5. The number of anilines is 1. The Hall–Kier alpha value is -3.07. The summed E-state index contributed by atoms with van der Waals surface area (Å²) < 4.78 is 28.5. The van der Waals surface area contributed by atoms with Crippen LogP contribution in [0.3, 0.4) is 0 Å². The average molecular weight is 563 g/mol. The molecular formula is C27H29Cl2N3O4S. The number of likely N-dealkylation sites (N-methyl/N-ethyl adjacent to an activating group) is 1. The predicted molar refractivity (Wildman–Crippen MR) is 147 cm³/mol. The Morgan fingerprint density at radius 2 is 1.62 bits per heavy atom. The number of amides is 2. The summed E-state index contributed by atoms with van der Waals surface area (Å²) in [4.78, 5) is 27.8. The van der Waals surface area contributed by atoms with E-state index in [0.29, 0.717) is 27.8 Å². The molecule has 0 aliphatic carbocycles. The van der Waals surface area contributed by atoms with Gasteiger partial charge in [-0.05, 0) is 80.4 Å². The van der Waals surface area contributed by atoms with Crippen LogP contribution in [0.25, 0.3) is 0 Å². The fourth-order valence-corrected chi connectivity index (χ4v) is 5.53. The fourth-order valence-electron chi connectivity index (χ4n) is 3.78. The molecule has 37 heavy (non-hydrogen) atoms. The molecule has 0 saturated heterocycles. The number of hydrogen-bond donors (Lipinski definition) is 1. The first-order valence-corrected chi connectivity index (χ1v) is 13.9. The van der Waals surface area contributed by atoms with Gasteiger partial charge in [0.1, 0.15) is 12.6 Å². The maximum absolute atomic E-state index is 13.8. The molecule has 0 bridgehead atoms. The Balaban J connectivity index is 2.03. The second kappa shape index (κ2) is 12.4. The number of rotatable bonds is 10. The fraction of sp³-hybridized carbons (Fsp3) is 0.259. The summed E-state index contributed by atoms with van der Waals surface area (Å²) in [6.45, 7) is 5.17. The highest BCUT2D eigenvalue weighted by Crippen LogP contribution is 2.26. The standard InChI is InChI=1S/C27H29Cl2N3O4S/c1-4-30-27(34)20(3)31(17-21-8-6-9-23(29)16-21)26(33)18-32(24-10-5-7-19(2)15-24)37(35,36)25-13-11-22(28)12-14-25/h5-16,20H,4,17-18H2,1-3H3,(H,30,34)/t20-/m0/s1. The maximum atomic E-state index is 13.8.